The lowest BCUT2D eigenvalue weighted by atomic mass is 9.97. The zero-order chi connectivity index (χ0) is 19.8. The van der Waals surface area contributed by atoms with Gasteiger partial charge in [0.05, 0.1) is 18.2 Å². The molecule has 0 bridgehead atoms. The molecule has 1 atom stereocenters. The minimum absolute atomic E-state index is 0.0742. The predicted molar refractivity (Wildman–Crippen MR) is 111 cm³/mol. The van der Waals surface area contributed by atoms with E-state index < -0.39 is 0 Å². The van der Waals surface area contributed by atoms with E-state index in [1.54, 1.807) is 19.1 Å². The van der Waals surface area contributed by atoms with E-state index in [1.807, 2.05) is 72.8 Å². The molecular weight excluding hydrogens is 350 g/mol. The highest BCUT2D eigenvalue weighted by atomic mass is 16.5. The molecule has 0 aromatic heterocycles. The number of esters is 1. The molecule has 0 unspecified atom stereocenters. The Morgan fingerprint density at radius 1 is 0.821 bits per heavy atom. The molecule has 0 heterocycles. The molecule has 1 N–H and O–H groups in total. The van der Waals surface area contributed by atoms with Gasteiger partial charge in [-0.3, -0.25) is 4.79 Å². The second-order valence-corrected chi connectivity index (χ2v) is 6.40. The summed E-state index contributed by atoms with van der Waals surface area (Å²) in [5.41, 5.74) is 3.07. The molecule has 0 aliphatic carbocycles. The van der Waals surface area contributed by atoms with Crippen LogP contribution in [0.2, 0.25) is 0 Å². The number of nitrogens with one attached hydrogen (secondary N) is 1. The third-order valence-electron chi connectivity index (χ3n) is 4.42. The summed E-state index contributed by atoms with van der Waals surface area (Å²) in [6.45, 7) is 2.12. The highest BCUT2D eigenvalue weighted by Gasteiger charge is 2.17. The molecule has 0 aliphatic rings. The van der Waals surface area contributed by atoms with Crippen LogP contribution in [0.5, 0.6) is 0 Å². The van der Waals surface area contributed by atoms with E-state index in [4.69, 9.17) is 4.74 Å². The fourth-order valence-corrected chi connectivity index (χ4v) is 2.98. The Labute approximate surface area is 165 Å². The van der Waals surface area contributed by atoms with Crippen molar-refractivity contribution in [3.8, 4) is 0 Å². The number of benzene rings is 3. The van der Waals surface area contributed by atoms with Crippen LogP contribution in [-0.4, -0.2) is 18.4 Å². The van der Waals surface area contributed by atoms with Gasteiger partial charge in [0.25, 0.3) is 0 Å². The van der Waals surface area contributed by atoms with Crippen LogP contribution in [0.25, 0.3) is 0 Å². The summed E-state index contributed by atoms with van der Waals surface area (Å²) in [6, 6.07) is 26.1. The first-order valence-corrected chi connectivity index (χ1v) is 9.34. The van der Waals surface area contributed by atoms with Crippen molar-refractivity contribution >= 4 is 17.4 Å². The molecule has 0 radical (unpaired) electrons. The fourth-order valence-electron chi connectivity index (χ4n) is 2.98. The van der Waals surface area contributed by atoms with Crippen LogP contribution in [0.1, 0.15) is 45.7 Å². The molecule has 0 fully saturated rings. The summed E-state index contributed by atoms with van der Waals surface area (Å²) in [6.07, 6.45) is 0.327. The van der Waals surface area contributed by atoms with Crippen molar-refractivity contribution in [1.29, 1.82) is 0 Å². The summed E-state index contributed by atoms with van der Waals surface area (Å²) in [7, 11) is 0. The van der Waals surface area contributed by atoms with Crippen molar-refractivity contribution in [2.75, 3.05) is 11.9 Å². The molecule has 0 aliphatic heterocycles. The van der Waals surface area contributed by atoms with E-state index in [0.717, 1.165) is 11.3 Å². The van der Waals surface area contributed by atoms with Gasteiger partial charge in [-0.05, 0) is 36.8 Å². The topological polar surface area (TPSA) is 55.4 Å². The van der Waals surface area contributed by atoms with Gasteiger partial charge in [0.2, 0.25) is 0 Å². The maximum Gasteiger partial charge on any atom is 0.338 e. The number of anilines is 1. The third-order valence-corrected chi connectivity index (χ3v) is 4.42. The van der Waals surface area contributed by atoms with Crippen molar-refractivity contribution in [2.24, 2.45) is 0 Å². The smallest absolute Gasteiger partial charge is 0.338 e. The van der Waals surface area contributed by atoms with Gasteiger partial charge in [-0.15, -0.1) is 0 Å². The summed E-state index contributed by atoms with van der Waals surface area (Å²) in [5, 5.41) is 3.42. The number of carbonyl (C=O) groups is 2. The first-order chi connectivity index (χ1) is 13.7. The van der Waals surface area contributed by atoms with E-state index in [2.05, 4.69) is 5.32 Å². The van der Waals surface area contributed by atoms with E-state index >= 15 is 0 Å². The Bertz CT molecular complexity index is 906. The Morgan fingerprint density at radius 2 is 1.43 bits per heavy atom. The quantitative estimate of drug-likeness (QED) is 0.431. The molecule has 4 nitrogen and oxygen atoms in total. The van der Waals surface area contributed by atoms with Crippen molar-refractivity contribution in [1.82, 2.24) is 0 Å². The van der Waals surface area contributed by atoms with Crippen molar-refractivity contribution < 1.29 is 14.3 Å². The number of hydrogen-bond acceptors (Lipinski definition) is 4. The number of Topliss-reactive ketones (excluding diaryl/α,β-unsaturated/α-hetero) is 1. The molecule has 0 amide bonds. The molecular formula is C24H23NO3. The second kappa shape index (κ2) is 9.51. The lowest BCUT2D eigenvalue weighted by Crippen LogP contribution is -2.16. The first-order valence-electron chi connectivity index (χ1n) is 9.34. The van der Waals surface area contributed by atoms with Gasteiger partial charge in [0, 0.05) is 17.7 Å². The van der Waals surface area contributed by atoms with Crippen LogP contribution in [0, 0.1) is 0 Å². The van der Waals surface area contributed by atoms with Crippen LogP contribution < -0.4 is 5.32 Å². The van der Waals surface area contributed by atoms with E-state index in [-0.39, 0.29) is 17.8 Å². The van der Waals surface area contributed by atoms with Crippen LogP contribution >= 0.6 is 0 Å². The summed E-state index contributed by atoms with van der Waals surface area (Å²) in [4.78, 5) is 24.5. The molecule has 4 heteroatoms. The normalized spacial score (nSPS) is 11.5. The minimum Gasteiger partial charge on any atom is -0.462 e. The van der Waals surface area contributed by atoms with Crippen molar-refractivity contribution in [3.63, 3.8) is 0 Å². The number of ether oxygens (including phenoxy) is 1. The highest BCUT2D eigenvalue weighted by Crippen LogP contribution is 2.25. The first kappa shape index (κ1) is 19.4. The van der Waals surface area contributed by atoms with Gasteiger partial charge in [-0.25, -0.2) is 4.79 Å². The number of rotatable bonds is 8. The SMILES string of the molecule is CCOC(=O)c1ccc(N[C@H](CC(=O)c2ccccc2)c2ccccc2)cc1. The Kier molecular flexibility index (Phi) is 6.58. The van der Waals surface area contributed by atoms with Crippen molar-refractivity contribution in [2.45, 2.75) is 19.4 Å². The lowest BCUT2D eigenvalue weighted by molar-refractivity contribution is 0.0526. The van der Waals surface area contributed by atoms with Gasteiger partial charge in [-0.2, -0.15) is 0 Å². The average molecular weight is 373 g/mol. The fraction of sp³-hybridized carbons (Fsp3) is 0.167. The lowest BCUT2D eigenvalue weighted by Gasteiger charge is -2.20. The van der Waals surface area contributed by atoms with Crippen molar-refractivity contribution in [3.05, 3.63) is 102 Å². The van der Waals surface area contributed by atoms with E-state index in [9.17, 15) is 9.59 Å². The average Bonchev–Trinajstić information content (AvgIpc) is 2.75. The molecule has 0 spiro atoms. The standard InChI is InChI=1S/C24H23NO3/c1-2-28-24(27)20-13-15-21(16-14-20)25-22(18-9-5-3-6-10-18)17-23(26)19-11-7-4-8-12-19/h3-16,22,25H,2,17H2,1H3/t22-/m1/s1. The molecule has 28 heavy (non-hydrogen) atoms. The highest BCUT2D eigenvalue weighted by molar-refractivity contribution is 5.96. The Morgan fingerprint density at radius 3 is 2.04 bits per heavy atom. The number of carbonyl (C=O) groups excluding carboxylic acids is 2. The second-order valence-electron chi connectivity index (χ2n) is 6.40. The maximum absolute atomic E-state index is 12.7. The van der Waals surface area contributed by atoms with Crippen LogP contribution in [-0.2, 0) is 4.74 Å². The summed E-state index contributed by atoms with van der Waals surface area (Å²) < 4.78 is 5.02. The minimum atomic E-state index is -0.340. The molecule has 3 aromatic rings. The van der Waals surface area contributed by atoms with Crippen LogP contribution in [0.15, 0.2) is 84.9 Å². The number of hydrogen-bond donors (Lipinski definition) is 1. The molecule has 142 valence electrons. The molecule has 3 rings (SSSR count). The van der Waals surface area contributed by atoms with Gasteiger partial charge < -0.3 is 10.1 Å². The third kappa shape index (κ3) is 5.07. The molecule has 0 saturated carbocycles. The summed E-state index contributed by atoms with van der Waals surface area (Å²) in [5.74, 6) is -0.266. The van der Waals surface area contributed by atoms with Gasteiger partial charge in [0.15, 0.2) is 5.78 Å². The summed E-state index contributed by atoms with van der Waals surface area (Å²) >= 11 is 0. The van der Waals surface area contributed by atoms with Gasteiger partial charge in [-0.1, -0.05) is 60.7 Å². The monoisotopic (exact) mass is 373 g/mol. The molecule has 0 saturated heterocycles. The Hall–Kier alpha value is -3.40. The van der Waals surface area contributed by atoms with E-state index in [0.29, 0.717) is 24.2 Å². The van der Waals surface area contributed by atoms with Gasteiger partial charge >= 0.3 is 5.97 Å². The van der Waals surface area contributed by atoms with Gasteiger partial charge in [0.1, 0.15) is 0 Å². The zero-order valence-corrected chi connectivity index (χ0v) is 15.8. The largest absolute Gasteiger partial charge is 0.462 e. The molecule has 3 aromatic carbocycles. The maximum atomic E-state index is 12.7. The number of ketones is 1. The van der Waals surface area contributed by atoms with Crippen LogP contribution in [0.4, 0.5) is 5.69 Å². The zero-order valence-electron chi connectivity index (χ0n) is 15.8. The predicted octanol–water partition coefficient (Wildman–Crippen LogP) is 5.29. The van der Waals surface area contributed by atoms with E-state index in [1.165, 1.54) is 0 Å². The van der Waals surface area contributed by atoms with Crippen LogP contribution in [0.3, 0.4) is 0 Å². The Balaban J connectivity index is 1.78.